The Kier molecular flexibility index (Phi) is 2.24. The van der Waals surface area contributed by atoms with Gasteiger partial charge in [0.2, 0.25) is 0 Å². The Morgan fingerprint density at radius 2 is 1.94 bits per heavy atom. The third-order valence-electron chi connectivity index (χ3n) is 3.62. The summed E-state index contributed by atoms with van der Waals surface area (Å²) >= 11 is 7.78. The summed E-state index contributed by atoms with van der Waals surface area (Å²) in [4.78, 5) is 1.04. The molecule has 0 unspecified atom stereocenters. The molecule has 0 N–H and O–H groups in total. The highest BCUT2D eigenvalue weighted by Gasteiger charge is 2.61. The first-order valence-corrected chi connectivity index (χ1v) is 6.71. The number of benzene rings is 1. The van der Waals surface area contributed by atoms with Crippen molar-refractivity contribution in [3.63, 3.8) is 0 Å². The van der Waals surface area contributed by atoms with Crippen molar-refractivity contribution in [2.45, 2.75) is 35.3 Å². The Morgan fingerprint density at radius 1 is 1.25 bits per heavy atom. The van der Waals surface area contributed by atoms with E-state index in [4.69, 9.17) is 11.6 Å². The van der Waals surface area contributed by atoms with Crippen molar-refractivity contribution in [1.82, 2.24) is 0 Å². The van der Waals surface area contributed by atoms with Gasteiger partial charge in [0.15, 0.2) is 0 Å². The highest BCUT2D eigenvalue weighted by atomic mass is 35.5. The number of nitrogens with zero attached hydrogens (tertiary/aromatic N) is 1. The number of hydrogen-bond acceptors (Lipinski definition) is 2. The van der Waals surface area contributed by atoms with Gasteiger partial charge in [-0.1, -0.05) is 23.7 Å². The Labute approximate surface area is 105 Å². The molecule has 2 aliphatic rings. The molecule has 3 rings (SSSR count). The van der Waals surface area contributed by atoms with E-state index in [9.17, 15) is 5.26 Å². The summed E-state index contributed by atoms with van der Waals surface area (Å²) in [6.45, 7) is 0. The van der Waals surface area contributed by atoms with Gasteiger partial charge >= 0.3 is 0 Å². The molecular weight excluding hydrogens is 238 g/mol. The first-order valence-electron chi connectivity index (χ1n) is 5.52. The summed E-state index contributed by atoms with van der Waals surface area (Å²) in [6, 6.07) is 10.3. The lowest BCUT2D eigenvalue weighted by Gasteiger charge is -2.42. The lowest BCUT2D eigenvalue weighted by molar-refractivity contribution is 0.251. The molecule has 1 nitrogen and oxygen atoms in total. The minimum Gasteiger partial charge on any atom is -0.197 e. The van der Waals surface area contributed by atoms with E-state index in [0.29, 0.717) is 5.41 Å². The van der Waals surface area contributed by atoms with E-state index < -0.39 is 0 Å². The molecule has 0 radical (unpaired) electrons. The van der Waals surface area contributed by atoms with Gasteiger partial charge in [0.25, 0.3) is 0 Å². The van der Waals surface area contributed by atoms with Crippen LogP contribution in [0.2, 0.25) is 5.02 Å². The SMILES string of the molecule is N#CC1(Sc2ccccc2Cl)CC2(CC2)C1. The second-order valence-electron chi connectivity index (χ2n) is 4.99. The van der Waals surface area contributed by atoms with Crippen LogP contribution in [0.4, 0.5) is 0 Å². The van der Waals surface area contributed by atoms with Crippen LogP contribution in [0.1, 0.15) is 25.7 Å². The summed E-state index contributed by atoms with van der Waals surface area (Å²) in [5.74, 6) is 0. The van der Waals surface area contributed by atoms with E-state index in [0.717, 1.165) is 22.8 Å². The fraction of sp³-hybridized carbons (Fsp3) is 0.462. The highest BCUT2D eigenvalue weighted by Crippen LogP contribution is 2.69. The van der Waals surface area contributed by atoms with Crippen LogP contribution in [0.25, 0.3) is 0 Å². The molecule has 0 aliphatic heterocycles. The summed E-state index contributed by atoms with van der Waals surface area (Å²) in [7, 11) is 0. The van der Waals surface area contributed by atoms with Crippen molar-refractivity contribution < 1.29 is 0 Å². The van der Waals surface area contributed by atoms with E-state index in [1.165, 1.54) is 12.8 Å². The molecule has 2 saturated carbocycles. The molecule has 0 bridgehead atoms. The average Bonchev–Trinajstić information content (AvgIpc) is 3.00. The number of thioether (sulfide) groups is 1. The Balaban J connectivity index is 1.79. The van der Waals surface area contributed by atoms with Gasteiger partial charge in [0, 0.05) is 4.90 Å². The zero-order valence-corrected chi connectivity index (χ0v) is 10.4. The maximum atomic E-state index is 9.33. The van der Waals surface area contributed by atoms with Crippen LogP contribution in [0.5, 0.6) is 0 Å². The van der Waals surface area contributed by atoms with E-state index in [2.05, 4.69) is 6.07 Å². The van der Waals surface area contributed by atoms with Gasteiger partial charge in [0.1, 0.15) is 4.75 Å². The van der Waals surface area contributed by atoms with Crippen molar-refractivity contribution >= 4 is 23.4 Å². The average molecular weight is 250 g/mol. The number of nitriles is 1. The van der Waals surface area contributed by atoms with Crippen LogP contribution in [0, 0.1) is 16.7 Å². The summed E-state index contributed by atoms with van der Waals surface area (Å²) in [5.41, 5.74) is 0.546. The molecule has 0 saturated heterocycles. The molecule has 0 amide bonds. The van der Waals surface area contributed by atoms with Crippen LogP contribution in [0.15, 0.2) is 29.2 Å². The van der Waals surface area contributed by atoms with Gasteiger partial charge in [-0.3, -0.25) is 0 Å². The van der Waals surface area contributed by atoms with Gasteiger partial charge in [-0.05, 0) is 43.2 Å². The third kappa shape index (κ3) is 1.63. The first-order chi connectivity index (χ1) is 7.67. The van der Waals surface area contributed by atoms with Crippen LogP contribution in [-0.2, 0) is 0 Å². The lowest BCUT2D eigenvalue weighted by Crippen LogP contribution is -2.40. The van der Waals surface area contributed by atoms with E-state index >= 15 is 0 Å². The molecule has 16 heavy (non-hydrogen) atoms. The molecule has 1 spiro atoms. The molecule has 0 aromatic heterocycles. The quantitative estimate of drug-likeness (QED) is 0.782. The van der Waals surface area contributed by atoms with Gasteiger partial charge in [-0.25, -0.2) is 0 Å². The summed E-state index contributed by atoms with van der Waals surface area (Å²) in [6.07, 6.45) is 4.73. The van der Waals surface area contributed by atoms with Crippen molar-refractivity contribution in [3.8, 4) is 6.07 Å². The van der Waals surface area contributed by atoms with E-state index in [1.54, 1.807) is 11.8 Å². The van der Waals surface area contributed by atoms with Crippen LogP contribution >= 0.6 is 23.4 Å². The van der Waals surface area contributed by atoms with Gasteiger partial charge in [0.05, 0.1) is 11.1 Å². The smallest absolute Gasteiger partial charge is 0.108 e. The van der Waals surface area contributed by atoms with Crippen molar-refractivity contribution in [3.05, 3.63) is 29.3 Å². The predicted molar refractivity (Wildman–Crippen MR) is 66.6 cm³/mol. The maximum Gasteiger partial charge on any atom is 0.108 e. The minimum atomic E-state index is -0.207. The number of rotatable bonds is 2. The normalized spacial score (nSPS) is 23.5. The molecular formula is C13H12ClNS. The van der Waals surface area contributed by atoms with Crippen LogP contribution in [-0.4, -0.2) is 4.75 Å². The standard InChI is InChI=1S/C13H12ClNS/c14-10-3-1-2-4-11(10)16-13(9-15)7-12(8-13)5-6-12/h1-4H,5-8H2. The van der Waals surface area contributed by atoms with Crippen molar-refractivity contribution in [1.29, 1.82) is 5.26 Å². The summed E-state index contributed by atoms with van der Waals surface area (Å²) < 4.78 is -0.207. The minimum absolute atomic E-state index is 0.207. The third-order valence-corrected chi connectivity index (χ3v) is 5.41. The molecule has 1 aromatic rings. The zero-order chi connectivity index (χ0) is 11.2. The largest absolute Gasteiger partial charge is 0.197 e. The molecule has 1 aromatic carbocycles. The van der Waals surface area contributed by atoms with Gasteiger partial charge in [-0.15, -0.1) is 11.8 Å². The molecule has 82 valence electrons. The molecule has 2 aliphatic carbocycles. The van der Waals surface area contributed by atoms with Crippen molar-refractivity contribution in [2.24, 2.45) is 5.41 Å². The fourth-order valence-electron chi connectivity index (χ4n) is 2.60. The van der Waals surface area contributed by atoms with Crippen molar-refractivity contribution in [2.75, 3.05) is 0 Å². The number of halogens is 1. The molecule has 0 heterocycles. The number of hydrogen-bond donors (Lipinski definition) is 0. The monoisotopic (exact) mass is 249 g/mol. The van der Waals surface area contributed by atoms with E-state index in [-0.39, 0.29) is 4.75 Å². The van der Waals surface area contributed by atoms with Crippen LogP contribution < -0.4 is 0 Å². The maximum absolute atomic E-state index is 9.33. The lowest BCUT2D eigenvalue weighted by atomic mass is 9.72. The zero-order valence-electron chi connectivity index (χ0n) is 8.87. The molecule has 2 fully saturated rings. The molecule has 3 heteroatoms. The topological polar surface area (TPSA) is 23.8 Å². The highest BCUT2D eigenvalue weighted by molar-refractivity contribution is 8.01. The fourth-order valence-corrected chi connectivity index (χ4v) is 4.39. The van der Waals surface area contributed by atoms with Crippen LogP contribution in [0.3, 0.4) is 0 Å². The second kappa shape index (κ2) is 3.42. The Bertz CT molecular complexity index is 465. The molecule has 0 atom stereocenters. The van der Waals surface area contributed by atoms with Gasteiger partial charge < -0.3 is 0 Å². The first kappa shape index (κ1) is 10.5. The summed E-state index contributed by atoms with van der Waals surface area (Å²) in [5, 5.41) is 10.1. The second-order valence-corrected chi connectivity index (χ2v) is 6.82. The van der Waals surface area contributed by atoms with E-state index in [1.807, 2.05) is 24.3 Å². The van der Waals surface area contributed by atoms with Gasteiger partial charge in [-0.2, -0.15) is 5.26 Å². The predicted octanol–water partition coefficient (Wildman–Crippen LogP) is 4.27. The Morgan fingerprint density at radius 3 is 2.50 bits per heavy atom. The Hall–Kier alpha value is -0.650.